The first-order valence-corrected chi connectivity index (χ1v) is 9.05. The molecule has 1 saturated heterocycles. The van der Waals surface area contributed by atoms with E-state index in [1.807, 2.05) is 24.7 Å². The molecule has 1 aromatic heterocycles. The maximum absolute atomic E-state index is 10.9. The zero-order valence-corrected chi connectivity index (χ0v) is 15.1. The normalized spacial score (nSPS) is 18.1. The number of carboxylic acids is 1. The first-order chi connectivity index (χ1) is 12.0. The van der Waals surface area contributed by atoms with Crippen LogP contribution in [0, 0.1) is 11.8 Å². The Morgan fingerprint density at radius 1 is 1.32 bits per heavy atom. The third-order valence-electron chi connectivity index (χ3n) is 4.84. The number of aromatic nitrogens is 2. The monoisotopic (exact) mass is 341 g/mol. The number of aromatic carboxylic acids is 1. The molecule has 0 bridgehead atoms. The molecule has 1 fully saturated rings. The summed E-state index contributed by atoms with van der Waals surface area (Å²) in [7, 11) is 0. The molecule has 0 aliphatic carbocycles. The molecule has 1 aliphatic rings. The van der Waals surface area contributed by atoms with E-state index in [0.29, 0.717) is 17.4 Å². The van der Waals surface area contributed by atoms with Gasteiger partial charge in [-0.15, -0.1) is 0 Å². The van der Waals surface area contributed by atoms with Gasteiger partial charge in [0, 0.05) is 25.8 Å². The van der Waals surface area contributed by atoms with Crippen LogP contribution in [0.3, 0.4) is 0 Å². The van der Waals surface area contributed by atoms with Crippen LogP contribution in [0.4, 0.5) is 0 Å². The van der Waals surface area contributed by atoms with Crippen LogP contribution in [-0.4, -0.2) is 38.6 Å². The van der Waals surface area contributed by atoms with E-state index in [1.165, 1.54) is 17.7 Å². The van der Waals surface area contributed by atoms with Crippen molar-refractivity contribution in [3.63, 3.8) is 0 Å². The van der Waals surface area contributed by atoms with Crippen molar-refractivity contribution in [3.8, 4) is 0 Å². The summed E-state index contributed by atoms with van der Waals surface area (Å²) in [6, 6.07) is 7.30. The molecule has 1 atom stereocenters. The third-order valence-corrected chi connectivity index (χ3v) is 4.84. The molecule has 0 amide bonds. The summed E-state index contributed by atoms with van der Waals surface area (Å²) < 4.78 is 2.27. The minimum absolute atomic E-state index is 0.357. The second-order valence-corrected chi connectivity index (χ2v) is 7.53. The van der Waals surface area contributed by atoms with Gasteiger partial charge in [-0.25, -0.2) is 9.78 Å². The molecule has 2 aromatic rings. The highest BCUT2D eigenvalue weighted by Crippen LogP contribution is 2.23. The molecule has 25 heavy (non-hydrogen) atoms. The number of benzene rings is 1. The Morgan fingerprint density at radius 3 is 2.76 bits per heavy atom. The lowest BCUT2D eigenvalue weighted by Gasteiger charge is -2.18. The Morgan fingerprint density at radius 2 is 2.08 bits per heavy atom. The minimum atomic E-state index is -0.864. The Kier molecular flexibility index (Phi) is 5.53. The van der Waals surface area contributed by atoms with Crippen LogP contribution in [-0.2, 0) is 19.5 Å². The van der Waals surface area contributed by atoms with Crippen molar-refractivity contribution in [3.05, 3.63) is 53.6 Å². The molecule has 1 N–H and O–H groups in total. The van der Waals surface area contributed by atoms with Gasteiger partial charge in [-0.1, -0.05) is 26.0 Å². The molecular formula is C20H27N3O2. The van der Waals surface area contributed by atoms with Crippen LogP contribution in [0.1, 0.15) is 41.9 Å². The predicted molar refractivity (Wildman–Crippen MR) is 97.6 cm³/mol. The Bertz CT molecular complexity index is 706. The Labute approximate surface area is 149 Å². The average Bonchev–Trinajstić information content (AvgIpc) is 3.18. The standard InChI is InChI=1S/C20H27N3O2/c1-15(2)11-23-14-21-10-19(23)13-22-8-7-17(12-22)9-16-3-5-18(6-4-16)20(24)25/h3-6,10,14-15,17H,7-9,11-13H2,1-2H3,(H,24,25). The van der Waals surface area contributed by atoms with E-state index in [-0.39, 0.29) is 0 Å². The highest BCUT2D eigenvalue weighted by molar-refractivity contribution is 5.87. The summed E-state index contributed by atoms with van der Waals surface area (Å²) in [5.41, 5.74) is 2.87. The fourth-order valence-electron chi connectivity index (χ4n) is 3.61. The Balaban J connectivity index is 1.53. The molecule has 5 nitrogen and oxygen atoms in total. The van der Waals surface area contributed by atoms with E-state index in [2.05, 4.69) is 28.3 Å². The highest BCUT2D eigenvalue weighted by Gasteiger charge is 2.23. The fraction of sp³-hybridized carbons (Fsp3) is 0.500. The number of nitrogens with zero attached hydrogens (tertiary/aromatic N) is 3. The predicted octanol–water partition coefficient (Wildman–Crippen LogP) is 3.30. The van der Waals surface area contributed by atoms with E-state index in [1.54, 1.807) is 12.1 Å². The van der Waals surface area contributed by atoms with Gasteiger partial charge in [0.1, 0.15) is 0 Å². The largest absolute Gasteiger partial charge is 0.478 e. The summed E-state index contributed by atoms with van der Waals surface area (Å²) in [5, 5.41) is 8.98. The summed E-state index contributed by atoms with van der Waals surface area (Å²) in [6.45, 7) is 8.64. The van der Waals surface area contributed by atoms with Crippen LogP contribution in [0.5, 0.6) is 0 Å². The third kappa shape index (κ3) is 4.69. The molecule has 1 aliphatic heterocycles. The van der Waals surface area contributed by atoms with Crippen molar-refractivity contribution in [1.82, 2.24) is 14.5 Å². The molecule has 0 radical (unpaired) electrons. The quantitative estimate of drug-likeness (QED) is 0.839. The molecular weight excluding hydrogens is 314 g/mol. The summed E-state index contributed by atoms with van der Waals surface area (Å²) >= 11 is 0. The zero-order chi connectivity index (χ0) is 17.8. The van der Waals surface area contributed by atoms with Crippen molar-refractivity contribution < 1.29 is 9.90 Å². The second kappa shape index (κ2) is 7.83. The number of rotatable bonds is 7. The molecule has 1 unspecified atom stereocenters. The first-order valence-electron chi connectivity index (χ1n) is 9.05. The van der Waals surface area contributed by atoms with Crippen molar-refractivity contribution in [2.75, 3.05) is 13.1 Å². The van der Waals surface area contributed by atoms with Gasteiger partial charge >= 0.3 is 5.97 Å². The van der Waals surface area contributed by atoms with Crippen LogP contribution in [0.15, 0.2) is 36.8 Å². The maximum Gasteiger partial charge on any atom is 0.335 e. The summed E-state index contributed by atoms with van der Waals surface area (Å²) in [5.74, 6) is 0.391. The van der Waals surface area contributed by atoms with Gasteiger partial charge in [-0.3, -0.25) is 4.90 Å². The number of imidazole rings is 1. The number of carboxylic acid groups (broad SMARTS) is 1. The smallest absolute Gasteiger partial charge is 0.335 e. The molecule has 2 heterocycles. The average molecular weight is 341 g/mol. The second-order valence-electron chi connectivity index (χ2n) is 7.53. The van der Waals surface area contributed by atoms with Gasteiger partial charge in [0.15, 0.2) is 0 Å². The van der Waals surface area contributed by atoms with Gasteiger partial charge in [-0.2, -0.15) is 0 Å². The van der Waals surface area contributed by atoms with E-state index in [4.69, 9.17) is 5.11 Å². The van der Waals surface area contributed by atoms with E-state index in [9.17, 15) is 4.79 Å². The Hall–Kier alpha value is -2.14. The summed E-state index contributed by atoms with van der Waals surface area (Å²) in [6.07, 6.45) is 6.13. The first kappa shape index (κ1) is 17.7. The number of hydrogen-bond acceptors (Lipinski definition) is 3. The van der Waals surface area contributed by atoms with E-state index < -0.39 is 5.97 Å². The van der Waals surface area contributed by atoms with E-state index >= 15 is 0 Å². The lowest BCUT2D eigenvalue weighted by atomic mass is 9.98. The molecule has 134 valence electrons. The number of hydrogen-bond donors (Lipinski definition) is 1. The van der Waals surface area contributed by atoms with Crippen LogP contribution >= 0.6 is 0 Å². The van der Waals surface area contributed by atoms with Gasteiger partial charge in [0.05, 0.1) is 17.6 Å². The lowest BCUT2D eigenvalue weighted by Crippen LogP contribution is -2.22. The topological polar surface area (TPSA) is 58.4 Å². The number of carbonyl (C=O) groups is 1. The molecule has 1 aromatic carbocycles. The van der Waals surface area contributed by atoms with Crippen molar-refractivity contribution in [2.24, 2.45) is 11.8 Å². The van der Waals surface area contributed by atoms with Gasteiger partial charge in [0.2, 0.25) is 0 Å². The van der Waals surface area contributed by atoms with Gasteiger partial charge in [0.25, 0.3) is 0 Å². The number of likely N-dealkylation sites (tertiary alicyclic amines) is 1. The zero-order valence-electron chi connectivity index (χ0n) is 15.1. The maximum atomic E-state index is 10.9. The minimum Gasteiger partial charge on any atom is -0.478 e. The summed E-state index contributed by atoms with van der Waals surface area (Å²) in [4.78, 5) is 17.8. The van der Waals surface area contributed by atoms with Gasteiger partial charge in [-0.05, 0) is 48.9 Å². The van der Waals surface area contributed by atoms with E-state index in [0.717, 1.165) is 32.6 Å². The van der Waals surface area contributed by atoms with Crippen LogP contribution in [0.2, 0.25) is 0 Å². The SMILES string of the molecule is CC(C)Cn1cncc1CN1CCC(Cc2ccc(C(=O)O)cc2)C1. The van der Waals surface area contributed by atoms with Crippen LogP contribution in [0.25, 0.3) is 0 Å². The van der Waals surface area contributed by atoms with Gasteiger partial charge < -0.3 is 9.67 Å². The lowest BCUT2D eigenvalue weighted by molar-refractivity contribution is 0.0697. The van der Waals surface area contributed by atoms with Crippen LogP contribution < -0.4 is 0 Å². The molecule has 3 rings (SSSR count). The molecule has 0 spiro atoms. The fourth-order valence-corrected chi connectivity index (χ4v) is 3.61. The van der Waals surface area contributed by atoms with Crippen molar-refractivity contribution in [1.29, 1.82) is 0 Å². The van der Waals surface area contributed by atoms with Crippen molar-refractivity contribution >= 4 is 5.97 Å². The molecule has 5 heteroatoms. The van der Waals surface area contributed by atoms with Crippen molar-refractivity contribution in [2.45, 2.75) is 39.8 Å². The highest BCUT2D eigenvalue weighted by atomic mass is 16.4. The molecule has 0 saturated carbocycles.